The maximum absolute atomic E-state index is 14.0. The van der Waals surface area contributed by atoms with Gasteiger partial charge in [-0.05, 0) is 43.9 Å². The summed E-state index contributed by atoms with van der Waals surface area (Å²) in [5.41, 5.74) is 1.59. The van der Waals surface area contributed by atoms with Crippen LogP contribution in [0.25, 0.3) is 0 Å². The summed E-state index contributed by atoms with van der Waals surface area (Å²) in [4.78, 5) is 23.6. The van der Waals surface area contributed by atoms with E-state index < -0.39 is 0 Å². The van der Waals surface area contributed by atoms with Crippen LogP contribution in [0.15, 0.2) is 17.1 Å². The molecule has 1 aromatic carbocycles. The van der Waals surface area contributed by atoms with Gasteiger partial charge in [-0.1, -0.05) is 0 Å². The molecule has 1 amide bonds. The zero-order chi connectivity index (χ0) is 22.5. The van der Waals surface area contributed by atoms with E-state index in [1.54, 1.807) is 7.05 Å². The van der Waals surface area contributed by atoms with Gasteiger partial charge in [0.25, 0.3) is 0 Å². The number of hydrogen-bond acceptors (Lipinski definition) is 5. The average Bonchev–Trinajstić information content (AvgIpc) is 3.36. The van der Waals surface area contributed by atoms with Crippen molar-refractivity contribution in [1.29, 1.82) is 0 Å². The first-order valence-corrected chi connectivity index (χ1v) is 11.6. The summed E-state index contributed by atoms with van der Waals surface area (Å²) in [7, 11) is 1.78. The fraction of sp³-hybridized carbons (Fsp3) is 0.652. The fourth-order valence-electron chi connectivity index (χ4n) is 4.76. The van der Waals surface area contributed by atoms with Crippen LogP contribution in [0, 0.1) is 5.82 Å². The van der Waals surface area contributed by atoms with Crippen molar-refractivity contribution in [2.24, 2.45) is 4.99 Å². The number of nitrogens with zero attached hydrogens (tertiary/aromatic N) is 4. The summed E-state index contributed by atoms with van der Waals surface area (Å²) in [5.74, 6) is 1.55. The van der Waals surface area contributed by atoms with Gasteiger partial charge in [0.15, 0.2) is 12.8 Å². The number of fused-ring (bicyclic) bond motifs is 1. The molecule has 8 nitrogen and oxygen atoms in total. The molecule has 2 fully saturated rings. The molecule has 0 aromatic heterocycles. The predicted molar refractivity (Wildman–Crippen MR) is 120 cm³/mol. The highest BCUT2D eigenvalue weighted by molar-refractivity contribution is 5.82. The number of amides is 1. The second-order valence-corrected chi connectivity index (χ2v) is 8.62. The molecule has 0 bridgehead atoms. The van der Waals surface area contributed by atoms with Gasteiger partial charge in [0.2, 0.25) is 5.91 Å². The topological polar surface area (TPSA) is 69.6 Å². The van der Waals surface area contributed by atoms with E-state index in [9.17, 15) is 9.18 Å². The largest absolute Gasteiger partial charge is 0.467 e. The Morgan fingerprint density at radius 1 is 1.16 bits per heavy atom. The highest BCUT2D eigenvalue weighted by atomic mass is 19.1. The number of guanidine groups is 1. The molecule has 2 saturated heterocycles. The Morgan fingerprint density at radius 3 is 2.62 bits per heavy atom. The molecule has 0 aliphatic carbocycles. The third-order valence-corrected chi connectivity index (χ3v) is 6.58. The Bertz CT molecular complexity index is 835. The highest BCUT2D eigenvalue weighted by Gasteiger charge is 2.30. The number of piperazine rings is 1. The first-order chi connectivity index (χ1) is 15.6. The summed E-state index contributed by atoms with van der Waals surface area (Å²) in [6, 6.07) is 2.93. The van der Waals surface area contributed by atoms with Gasteiger partial charge in [0.1, 0.15) is 11.6 Å². The van der Waals surface area contributed by atoms with Crippen molar-refractivity contribution >= 4 is 11.9 Å². The number of rotatable bonds is 5. The molecule has 0 radical (unpaired) electrons. The van der Waals surface area contributed by atoms with Crippen LogP contribution >= 0.6 is 0 Å². The van der Waals surface area contributed by atoms with Crippen molar-refractivity contribution < 1.29 is 18.7 Å². The Balaban J connectivity index is 1.27. The molecular formula is C23H34FN5O3. The Morgan fingerprint density at radius 2 is 1.91 bits per heavy atom. The second kappa shape index (κ2) is 10.5. The number of ether oxygens (including phenoxy) is 2. The Labute approximate surface area is 189 Å². The minimum Gasteiger partial charge on any atom is -0.467 e. The second-order valence-electron chi connectivity index (χ2n) is 8.62. The normalized spacial score (nSPS) is 20.7. The molecule has 3 heterocycles. The number of hydrogen-bond donors (Lipinski definition) is 1. The van der Waals surface area contributed by atoms with E-state index in [0.29, 0.717) is 19.6 Å². The molecule has 32 heavy (non-hydrogen) atoms. The number of carbonyl (C=O) groups is 1. The third kappa shape index (κ3) is 5.15. The van der Waals surface area contributed by atoms with E-state index >= 15 is 0 Å². The molecule has 0 saturated carbocycles. The smallest absolute Gasteiger partial charge is 0.239 e. The van der Waals surface area contributed by atoms with Gasteiger partial charge in [-0.2, -0.15) is 0 Å². The number of carbonyl (C=O) groups excluding carboxylic acids is 1. The summed E-state index contributed by atoms with van der Waals surface area (Å²) in [5, 5.41) is 3.40. The summed E-state index contributed by atoms with van der Waals surface area (Å²) in [6.45, 7) is 8.28. The standard InChI is InChI=1S/C23H34FN5O3/c1-17(22(30)28-7-3-4-8-28)27-9-11-29(12-10-27)23(25-2)26-6-5-18-13-20(24)14-19-15-31-16-32-21(18)19/h13-14,17H,3-12,15-16H2,1-2H3,(H,25,26). The van der Waals surface area contributed by atoms with Gasteiger partial charge < -0.3 is 24.6 Å². The van der Waals surface area contributed by atoms with Crippen LogP contribution in [0.2, 0.25) is 0 Å². The number of likely N-dealkylation sites (tertiary alicyclic amines) is 1. The van der Waals surface area contributed by atoms with Gasteiger partial charge >= 0.3 is 0 Å². The lowest BCUT2D eigenvalue weighted by atomic mass is 10.1. The van der Waals surface area contributed by atoms with Crippen LogP contribution in [-0.2, 0) is 22.6 Å². The highest BCUT2D eigenvalue weighted by Crippen LogP contribution is 2.29. The number of aliphatic imine (C=N–C) groups is 1. The zero-order valence-corrected chi connectivity index (χ0v) is 19.1. The molecule has 1 aromatic rings. The summed E-state index contributed by atoms with van der Waals surface area (Å²) < 4.78 is 24.8. The van der Waals surface area contributed by atoms with Crippen molar-refractivity contribution in [3.8, 4) is 5.75 Å². The minimum atomic E-state index is -0.272. The Hall–Kier alpha value is -2.39. The van der Waals surface area contributed by atoms with Crippen molar-refractivity contribution in [2.45, 2.75) is 38.8 Å². The molecular weight excluding hydrogens is 413 g/mol. The third-order valence-electron chi connectivity index (χ3n) is 6.58. The van der Waals surface area contributed by atoms with Crippen LogP contribution in [0.3, 0.4) is 0 Å². The number of nitrogens with one attached hydrogen (secondary N) is 1. The van der Waals surface area contributed by atoms with Gasteiger partial charge in [0, 0.05) is 58.4 Å². The van der Waals surface area contributed by atoms with E-state index in [2.05, 4.69) is 20.1 Å². The number of benzene rings is 1. The summed E-state index contributed by atoms with van der Waals surface area (Å²) >= 11 is 0. The maximum Gasteiger partial charge on any atom is 0.239 e. The van der Waals surface area contributed by atoms with Gasteiger partial charge in [-0.3, -0.25) is 14.7 Å². The van der Waals surface area contributed by atoms with Crippen LogP contribution in [0.4, 0.5) is 4.39 Å². The maximum atomic E-state index is 14.0. The van der Waals surface area contributed by atoms with Crippen LogP contribution in [0.5, 0.6) is 5.75 Å². The van der Waals surface area contributed by atoms with Crippen LogP contribution < -0.4 is 10.1 Å². The van der Waals surface area contributed by atoms with Gasteiger partial charge in [-0.15, -0.1) is 0 Å². The first kappa shape index (κ1) is 22.8. The molecule has 9 heteroatoms. The van der Waals surface area contributed by atoms with Crippen molar-refractivity contribution in [3.05, 3.63) is 29.1 Å². The van der Waals surface area contributed by atoms with Crippen LogP contribution in [-0.4, -0.2) is 92.3 Å². The Kier molecular flexibility index (Phi) is 7.47. The van der Waals surface area contributed by atoms with E-state index in [1.807, 2.05) is 11.8 Å². The fourth-order valence-corrected chi connectivity index (χ4v) is 4.76. The average molecular weight is 448 g/mol. The van der Waals surface area contributed by atoms with Crippen molar-refractivity contribution in [1.82, 2.24) is 20.0 Å². The molecule has 1 unspecified atom stereocenters. The number of halogens is 1. The lowest BCUT2D eigenvalue weighted by molar-refractivity contribution is -0.135. The molecule has 176 valence electrons. The van der Waals surface area contributed by atoms with E-state index in [4.69, 9.17) is 9.47 Å². The van der Waals surface area contributed by atoms with E-state index in [0.717, 1.165) is 74.9 Å². The molecule has 1 N–H and O–H groups in total. The monoisotopic (exact) mass is 447 g/mol. The van der Waals surface area contributed by atoms with Crippen molar-refractivity contribution in [3.63, 3.8) is 0 Å². The SMILES string of the molecule is CN=C(NCCc1cc(F)cc2c1OCOC2)N1CCN(C(C)C(=O)N2CCCC2)CC1. The first-order valence-electron chi connectivity index (χ1n) is 11.6. The molecule has 3 aliphatic heterocycles. The minimum absolute atomic E-state index is 0.0756. The quantitative estimate of drug-likeness (QED) is 0.544. The van der Waals surface area contributed by atoms with Gasteiger partial charge in [0.05, 0.1) is 12.6 Å². The lowest BCUT2D eigenvalue weighted by Crippen LogP contribution is -2.57. The zero-order valence-electron chi connectivity index (χ0n) is 19.1. The molecule has 0 spiro atoms. The van der Waals surface area contributed by atoms with E-state index in [1.165, 1.54) is 12.1 Å². The summed E-state index contributed by atoms with van der Waals surface area (Å²) in [6.07, 6.45) is 2.86. The van der Waals surface area contributed by atoms with Gasteiger partial charge in [-0.25, -0.2) is 4.39 Å². The lowest BCUT2D eigenvalue weighted by Gasteiger charge is -2.39. The molecule has 1 atom stereocenters. The molecule has 4 rings (SSSR count). The van der Waals surface area contributed by atoms with Crippen molar-refractivity contribution in [2.75, 3.05) is 59.7 Å². The van der Waals surface area contributed by atoms with Crippen LogP contribution in [0.1, 0.15) is 30.9 Å². The molecule has 3 aliphatic rings. The van der Waals surface area contributed by atoms with E-state index in [-0.39, 0.29) is 24.6 Å². The predicted octanol–water partition coefficient (Wildman–Crippen LogP) is 1.44.